The summed E-state index contributed by atoms with van der Waals surface area (Å²) in [6.07, 6.45) is -0.689. The van der Waals surface area contributed by atoms with E-state index in [1.54, 1.807) is 6.07 Å². The zero-order valence-electron chi connectivity index (χ0n) is 11.6. The van der Waals surface area contributed by atoms with Gasteiger partial charge in [0.25, 0.3) is 5.91 Å². The largest absolute Gasteiger partial charge is 0.481 e. The number of carboxylic acid groups (broad SMARTS) is 1. The van der Waals surface area contributed by atoms with E-state index >= 15 is 0 Å². The van der Waals surface area contributed by atoms with Gasteiger partial charge in [-0.25, -0.2) is 4.39 Å². The molecule has 120 valence electrons. The van der Waals surface area contributed by atoms with Crippen LogP contribution >= 0.6 is 15.9 Å². The Hall–Kier alpha value is -1.67. The molecule has 8 heteroatoms. The average molecular weight is 376 g/mol. The Balaban J connectivity index is 1.87. The first kappa shape index (κ1) is 16.7. The minimum Gasteiger partial charge on any atom is -0.481 e. The van der Waals surface area contributed by atoms with E-state index in [9.17, 15) is 14.0 Å². The van der Waals surface area contributed by atoms with Crippen LogP contribution in [0, 0.1) is 5.82 Å². The molecule has 1 amide bonds. The lowest BCUT2D eigenvalue weighted by atomic mass is 10.2. The highest BCUT2D eigenvalue weighted by Gasteiger charge is 2.26. The van der Waals surface area contributed by atoms with Crippen LogP contribution in [0.2, 0.25) is 0 Å². The molecule has 1 heterocycles. The van der Waals surface area contributed by atoms with Crippen molar-refractivity contribution >= 4 is 27.8 Å². The first-order valence-corrected chi connectivity index (χ1v) is 7.44. The molecule has 0 bridgehead atoms. The molecule has 1 aliphatic heterocycles. The Morgan fingerprint density at radius 2 is 2.27 bits per heavy atom. The molecule has 1 aliphatic rings. The number of morpholine rings is 1. The van der Waals surface area contributed by atoms with Crippen LogP contribution in [-0.4, -0.2) is 54.3 Å². The summed E-state index contributed by atoms with van der Waals surface area (Å²) >= 11 is 3.13. The van der Waals surface area contributed by atoms with Crippen molar-refractivity contribution in [3.63, 3.8) is 0 Å². The van der Waals surface area contributed by atoms with Crippen LogP contribution in [-0.2, 0) is 14.3 Å². The average Bonchev–Trinajstić information content (AvgIpc) is 2.45. The number of aliphatic carboxylic acids is 1. The van der Waals surface area contributed by atoms with E-state index in [1.165, 1.54) is 17.0 Å². The van der Waals surface area contributed by atoms with Crippen LogP contribution in [0.1, 0.15) is 6.42 Å². The second kappa shape index (κ2) is 7.55. The Kier molecular flexibility index (Phi) is 5.73. The first-order chi connectivity index (χ1) is 10.5. The summed E-state index contributed by atoms with van der Waals surface area (Å²) < 4.78 is 24.6. The topological polar surface area (TPSA) is 76.1 Å². The minimum absolute atomic E-state index is 0.00750. The van der Waals surface area contributed by atoms with Crippen molar-refractivity contribution in [2.24, 2.45) is 0 Å². The van der Waals surface area contributed by atoms with Gasteiger partial charge >= 0.3 is 5.97 Å². The molecule has 0 saturated carbocycles. The number of nitrogens with zero attached hydrogens (tertiary/aromatic N) is 1. The van der Waals surface area contributed by atoms with Crippen molar-refractivity contribution in [3.8, 4) is 5.75 Å². The summed E-state index contributed by atoms with van der Waals surface area (Å²) in [5, 5.41) is 8.74. The lowest BCUT2D eigenvalue weighted by molar-refractivity contribution is -0.148. The van der Waals surface area contributed by atoms with Gasteiger partial charge in [-0.2, -0.15) is 0 Å². The predicted octanol–water partition coefficient (Wildman–Crippen LogP) is 1.67. The third-order valence-electron chi connectivity index (χ3n) is 3.14. The number of hydrogen-bond donors (Lipinski definition) is 1. The van der Waals surface area contributed by atoms with Gasteiger partial charge in [0.05, 0.1) is 19.1 Å². The van der Waals surface area contributed by atoms with Crippen LogP contribution in [0.5, 0.6) is 5.75 Å². The van der Waals surface area contributed by atoms with Gasteiger partial charge in [-0.3, -0.25) is 9.59 Å². The number of carbonyl (C=O) groups is 2. The first-order valence-electron chi connectivity index (χ1n) is 6.64. The molecule has 1 aromatic rings. The number of carboxylic acids is 1. The fourth-order valence-corrected chi connectivity index (χ4v) is 2.42. The van der Waals surface area contributed by atoms with Gasteiger partial charge in [0, 0.05) is 17.6 Å². The van der Waals surface area contributed by atoms with E-state index in [-0.39, 0.29) is 37.8 Å². The summed E-state index contributed by atoms with van der Waals surface area (Å²) in [6, 6.07) is 4.29. The summed E-state index contributed by atoms with van der Waals surface area (Å²) in [5.41, 5.74) is 0. The zero-order chi connectivity index (χ0) is 16.1. The molecule has 1 fully saturated rings. The maximum absolute atomic E-state index is 13.6. The Morgan fingerprint density at radius 1 is 1.50 bits per heavy atom. The van der Waals surface area contributed by atoms with Crippen LogP contribution in [0.3, 0.4) is 0 Å². The van der Waals surface area contributed by atoms with Gasteiger partial charge in [-0.1, -0.05) is 15.9 Å². The maximum atomic E-state index is 13.6. The van der Waals surface area contributed by atoms with E-state index < -0.39 is 17.9 Å². The van der Waals surface area contributed by atoms with Crippen molar-refractivity contribution in [1.29, 1.82) is 0 Å². The molecule has 1 N–H and O–H groups in total. The fraction of sp³-hybridized carbons (Fsp3) is 0.429. The van der Waals surface area contributed by atoms with E-state index in [1.807, 2.05) is 0 Å². The molecule has 6 nitrogen and oxygen atoms in total. The third kappa shape index (κ3) is 4.67. The number of hydrogen-bond acceptors (Lipinski definition) is 4. The molecule has 0 radical (unpaired) electrons. The second-order valence-electron chi connectivity index (χ2n) is 4.79. The molecule has 0 aliphatic carbocycles. The smallest absolute Gasteiger partial charge is 0.306 e. The maximum Gasteiger partial charge on any atom is 0.306 e. The highest BCUT2D eigenvalue weighted by atomic mass is 79.9. The monoisotopic (exact) mass is 375 g/mol. The van der Waals surface area contributed by atoms with Crippen molar-refractivity contribution in [2.75, 3.05) is 26.3 Å². The highest BCUT2D eigenvalue weighted by Crippen LogP contribution is 2.21. The fourth-order valence-electron chi connectivity index (χ4n) is 2.09. The van der Waals surface area contributed by atoms with Gasteiger partial charge in [-0.15, -0.1) is 0 Å². The summed E-state index contributed by atoms with van der Waals surface area (Å²) in [7, 11) is 0. The zero-order valence-corrected chi connectivity index (χ0v) is 13.2. The molecule has 0 spiro atoms. The van der Waals surface area contributed by atoms with Crippen molar-refractivity contribution in [3.05, 3.63) is 28.5 Å². The normalized spacial score (nSPS) is 18.1. The Bertz CT molecular complexity index is 568. The molecule has 1 aromatic carbocycles. The minimum atomic E-state index is -0.979. The highest BCUT2D eigenvalue weighted by molar-refractivity contribution is 9.10. The van der Waals surface area contributed by atoms with Crippen LogP contribution in [0.15, 0.2) is 22.7 Å². The van der Waals surface area contributed by atoms with Gasteiger partial charge < -0.3 is 19.5 Å². The number of rotatable bonds is 5. The Labute approximate surface area is 134 Å². The molecule has 0 unspecified atom stereocenters. The van der Waals surface area contributed by atoms with E-state index in [0.29, 0.717) is 11.0 Å². The number of amides is 1. The number of carbonyl (C=O) groups excluding carboxylic acids is 1. The second-order valence-corrected chi connectivity index (χ2v) is 5.71. The van der Waals surface area contributed by atoms with Gasteiger partial charge in [0.15, 0.2) is 18.2 Å². The van der Waals surface area contributed by atoms with E-state index in [2.05, 4.69) is 15.9 Å². The molecule has 22 heavy (non-hydrogen) atoms. The van der Waals surface area contributed by atoms with Gasteiger partial charge in [0.2, 0.25) is 0 Å². The Morgan fingerprint density at radius 3 is 2.95 bits per heavy atom. The van der Waals surface area contributed by atoms with E-state index in [0.717, 1.165) is 0 Å². The molecule has 2 rings (SSSR count). The lowest BCUT2D eigenvalue weighted by Crippen LogP contribution is -2.47. The van der Waals surface area contributed by atoms with Crippen LogP contribution < -0.4 is 4.74 Å². The molecular formula is C14H15BrFNO5. The SMILES string of the molecule is O=C(O)C[C@H]1CN(C(=O)COc2ccc(Br)cc2F)CCO1. The van der Waals surface area contributed by atoms with Gasteiger partial charge in [0.1, 0.15) is 0 Å². The molecular weight excluding hydrogens is 361 g/mol. The van der Waals surface area contributed by atoms with Crippen molar-refractivity contribution in [1.82, 2.24) is 4.90 Å². The third-order valence-corrected chi connectivity index (χ3v) is 3.63. The van der Waals surface area contributed by atoms with Crippen LogP contribution in [0.4, 0.5) is 4.39 Å². The lowest BCUT2D eigenvalue weighted by Gasteiger charge is -2.32. The van der Waals surface area contributed by atoms with Gasteiger partial charge in [-0.05, 0) is 18.2 Å². The predicted molar refractivity (Wildman–Crippen MR) is 78.2 cm³/mol. The number of halogens is 2. The summed E-state index contributed by atoms with van der Waals surface area (Å²) in [6.45, 7) is 0.521. The quantitative estimate of drug-likeness (QED) is 0.846. The summed E-state index contributed by atoms with van der Waals surface area (Å²) in [5.74, 6) is -1.88. The van der Waals surface area contributed by atoms with Crippen molar-refractivity contribution in [2.45, 2.75) is 12.5 Å². The van der Waals surface area contributed by atoms with Crippen LogP contribution in [0.25, 0.3) is 0 Å². The van der Waals surface area contributed by atoms with E-state index in [4.69, 9.17) is 14.6 Å². The van der Waals surface area contributed by atoms with Crippen molar-refractivity contribution < 1.29 is 28.6 Å². The molecule has 1 atom stereocenters. The standard InChI is InChI=1S/C14H15BrFNO5/c15-9-1-2-12(11(16)5-9)22-8-13(18)17-3-4-21-10(7-17)6-14(19)20/h1-2,5,10H,3-4,6-8H2,(H,19,20)/t10-/m0/s1. The number of ether oxygens (including phenoxy) is 2. The summed E-state index contributed by atoms with van der Waals surface area (Å²) in [4.78, 5) is 24.2. The molecule has 0 aromatic heterocycles. The number of benzene rings is 1. The molecule has 1 saturated heterocycles.